The summed E-state index contributed by atoms with van der Waals surface area (Å²) < 4.78 is 34.9. The zero-order chi connectivity index (χ0) is 24.9. The summed E-state index contributed by atoms with van der Waals surface area (Å²) in [6, 6.07) is 18.0. The molecule has 184 valence electrons. The lowest BCUT2D eigenvalue weighted by molar-refractivity contribution is 0.0323. The number of aryl methyl sites for hydroxylation is 2. The summed E-state index contributed by atoms with van der Waals surface area (Å²) in [4.78, 5) is 15.8. The first-order valence-electron chi connectivity index (χ1n) is 11.3. The monoisotopic (exact) mass is 496 g/mol. The normalized spacial score (nSPS) is 17.3. The van der Waals surface area contributed by atoms with Crippen molar-refractivity contribution in [2.75, 3.05) is 32.0 Å². The molecule has 35 heavy (non-hydrogen) atoms. The third-order valence-electron chi connectivity index (χ3n) is 5.99. The van der Waals surface area contributed by atoms with E-state index in [1.807, 2.05) is 56.3 Å². The summed E-state index contributed by atoms with van der Waals surface area (Å²) in [5, 5.41) is 0. The maximum atomic E-state index is 14.7. The van der Waals surface area contributed by atoms with E-state index < -0.39 is 11.9 Å². The van der Waals surface area contributed by atoms with E-state index in [2.05, 4.69) is 4.72 Å². The number of methoxy groups -OCH3 is 2. The quantitative estimate of drug-likeness (QED) is 0.416. The largest absolute Gasteiger partial charge is 0.496 e. The van der Waals surface area contributed by atoms with Gasteiger partial charge >= 0.3 is 0 Å². The molecule has 1 saturated heterocycles. The van der Waals surface area contributed by atoms with E-state index in [9.17, 15) is 9.18 Å². The second kappa shape index (κ2) is 11.0. The van der Waals surface area contributed by atoms with Crippen LogP contribution < -0.4 is 14.2 Å². The van der Waals surface area contributed by atoms with Crippen molar-refractivity contribution in [3.63, 3.8) is 0 Å². The van der Waals surface area contributed by atoms with Crippen LogP contribution in [0.25, 0.3) is 0 Å². The highest BCUT2D eigenvalue weighted by atomic mass is 32.2. The van der Waals surface area contributed by atoms with Crippen molar-refractivity contribution in [1.82, 2.24) is 4.90 Å². The van der Waals surface area contributed by atoms with Crippen molar-refractivity contribution in [3.8, 4) is 11.5 Å². The minimum absolute atomic E-state index is 0.0801. The highest BCUT2D eigenvalue weighted by Crippen LogP contribution is 2.32. The molecule has 2 atom stereocenters. The van der Waals surface area contributed by atoms with Crippen molar-refractivity contribution < 1.29 is 23.4 Å². The molecule has 8 heteroatoms. The number of carbonyl (C=O) groups excluding carboxylic acids is 1. The second-order valence-corrected chi connectivity index (χ2v) is 9.31. The first-order chi connectivity index (χ1) is 16.9. The predicted octanol–water partition coefficient (Wildman–Crippen LogP) is 5.49. The average Bonchev–Trinajstić information content (AvgIpc) is 3.28. The molecule has 0 radical (unpaired) electrons. The molecule has 3 aromatic carbocycles. The fourth-order valence-corrected chi connectivity index (χ4v) is 4.78. The molecule has 2 unspecified atom stereocenters. The van der Waals surface area contributed by atoms with E-state index in [0.29, 0.717) is 24.3 Å². The fraction of sp³-hybridized carbons (Fsp3) is 0.296. The summed E-state index contributed by atoms with van der Waals surface area (Å²) in [7, 11) is 3.19. The molecule has 1 aliphatic rings. The van der Waals surface area contributed by atoms with Gasteiger partial charge in [0.05, 0.1) is 25.1 Å². The van der Waals surface area contributed by atoms with Crippen LogP contribution in [-0.4, -0.2) is 50.3 Å². The fourth-order valence-electron chi connectivity index (χ4n) is 4.02. The lowest BCUT2D eigenvalue weighted by atomic mass is 10.0. The van der Waals surface area contributed by atoms with E-state index in [-0.39, 0.29) is 17.8 Å². The highest BCUT2D eigenvalue weighted by Gasteiger charge is 2.38. The molecular formula is C27H29FN2O4S. The van der Waals surface area contributed by atoms with Gasteiger partial charge in [0.1, 0.15) is 18.0 Å². The number of hydrogen-bond acceptors (Lipinski definition) is 6. The first kappa shape index (κ1) is 24.9. The number of nitrogens with one attached hydrogen (secondary N) is 1. The topological polar surface area (TPSA) is 60.0 Å². The van der Waals surface area contributed by atoms with Gasteiger partial charge < -0.3 is 23.8 Å². The molecule has 0 spiro atoms. The summed E-state index contributed by atoms with van der Waals surface area (Å²) >= 11 is 1.36. The van der Waals surface area contributed by atoms with Gasteiger partial charge in [0, 0.05) is 24.4 Å². The Bertz CT molecular complexity index is 1210. The van der Waals surface area contributed by atoms with Crippen LogP contribution >= 0.6 is 11.9 Å². The number of likely N-dealkylation sites (tertiary alicyclic amines) is 1. The Morgan fingerprint density at radius 1 is 1.00 bits per heavy atom. The van der Waals surface area contributed by atoms with Crippen molar-refractivity contribution in [2.45, 2.75) is 31.0 Å². The Morgan fingerprint density at radius 3 is 2.54 bits per heavy atom. The van der Waals surface area contributed by atoms with Crippen molar-refractivity contribution >= 4 is 23.5 Å². The van der Waals surface area contributed by atoms with E-state index in [1.165, 1.54) is 18.0 Å². The van der Waals surface area contributed by atoms with Crippen LogP contribution in [-0.2, 0) is 4.74 Å². The Labute approximate surface area is 209 Å². The molecule has 0 saturated carbocycles. The SMILES string of the molecule is COc1ccccc1SNc1ccc(F)c(OC2CN(C(=O)c3cc(C)ccc3C)CC2OC)c1. The summed E-state index contributed by atoms with van der Waals surface area (Å²) in [6.45, 7) is 4.55. The smallest absolute Gasteiger partial charge is 0.254 e. The molecule has 4 rings (SSSR count). The standard InChI is InChI=1S/C27H29FN2O4S/c1-17-9-10-18(2)20(13-17)27(31)30-15-24(33-4)25(16-30)34-23-14-19(11-12-21(23)28)29-35-26-8-6-5-7-22(26)32-3/h5-14,24-25,29H,15-16H2,1-4H3. The number of rotatable bonds is 8. The minimum atomic E-state index is -0.499. The number of benzene rings is 3. The molecule has 1 aliphatic heterocycles. The predicted molar refractivity (Wildman–Crippen MR) is 136 cm³/mol. The maximum absolute atomic E-state index is 14.7. The van der Waals surface area contributed by atoms with Crippen LogP contribution in [0.15, 0.2) is 65.6 Å². The maximum Gasteiger partial charge on any atom is 0.254 e. The third-order valence-corrected chi connectivity index (χ3v) is 6.88. The molecular weight excluding hydrogens is 467 g/mol. The van der Waals surface area contributed by atoms with Crippen LogP contribution in [0.4, 0.5) is 10.1 Å². The Kier molecular flexibility index (Phi) is 7.83. The number of carbonyl (C=O) groups is 1. The number of hydrogen-bond donors (Lipinski definition) is 1. The van der Waals surface area contributed by atoms with Crippen LogP contribution in [0.1, 0.15) is 21.5 Å². The van der Waals surface area contributed by atoms with Crippen LogP contribution in [0.3, 0.4) is 0 Å². The number of halogens is 1. The second-order valence-electron chi connectivity index (χ2n) is 8.46. The molecule has 0 aromatic heterocycles. The minimum Gasteiger partial charge on any atom is -0.496 e. The summed E-state index contributed by atoms with van der Waals surface area (Å²) in [6.07, 6.45) is -0.872. The molecule has 1 heterocycles. The summed E-state index contributed by atoms with van der Waals surface area (Å²) in [5.74, 6) is 0.283. The van der Waals surface area contributed by atoms with E-state index in [4.69, 9.17) is 14.2 Å². The van der Waals surface area contributed by atoms with Gasteiger partial charge in [-0.3, -0.25) is 4.79 Å². The van der Waals surface area contributed by atoms with Gasteiger partial charge in [-0.1, -0.05) is 29.8 Å². The van der Waals surface area contributed by atoms with Crippen LogP contribution in [0.5, 0.6) is 11.5 Å². The molecule has 1 amide bonds. The van der Waals surface area contributed by atoms with Crippen molar-refractivity contribution in [3.05, 3.63) is 83.2 Å². The molecule has 6 nitrogen and oxygen atoms in total. The van der Waals surface area contributed by atoms with Gasteiger partial charge in [0.2, 0.25) is 0 Å². The lowest BCUT2D eigenvalue weighted by Gasteiger charge is -2.20. The number of anilines is 1. The van der Waals surface area contributed by atoms with E-state index in [0.717, 1.165) is 21.8 Å². The van der Waals surface area contributed by atoms with E-state index >= 15 is 0 Å². The first-order valence-corrected chi connectivity index (χ1v) is 12.1. The van der Waals surface area contributed by atoms with Gasteiger partial charge in [-0.15, -0.1) is 0 Å². The lowest BCUT2D eigenvalue weighted by Crippen LogP contribution is -2.32. The van der Waals surface area contributed by atoms with Crippen LogP contribution in [0.2, 0.25) is 0 Å². The molecule has 1 fully saturated rings. The van der Waals surface area contributed by atoms with Gasteiger partial charge in [0.15, 0.2) is 11.6 Å². The van der Waals surface area contributed by atoms with Gasteiger partial charge in [-0.2, -0.15) is 0 Å². The molecule has 3 aromatic rings. The zero-order valence-corrected chi connectivity index (χ0v) is 21.0. The average molecular weight is 497 g/mol. The Balaban J connectivity index is 1.47. The molecule has 0 aliphatic carbocycles. The van der Waals surface area contributed by atoms with Crippen molar-refractivity contribution in [1.29, 1.82) is 0 Å². The van der Waals surface area contributed by atoms with Gasteiger partial charge in [0.25, 0.3) is 5.91 Å². The molecule has 1 N–H and O–H groups in total. The third kappa shape index (κ3) is 5.71. The molecule has 0 bridgehead atoms. The zero-order valence-electron chi connectivity index (χ0n) is 20.2. The number of para-hydroxylation sites is 1. The van der Waals surface area contributed by atoms with Gasteiger partial charge in [-0.25, -0.2) is 4.39 Å². The van der Waals surface area contributed by atoms with E-state index in [1.54, 1.807) is 31.3 Å². The highest BCUT2D eigenvalue weighted by molar-refractivity contribution is 8.00. The van der Waals surface area contributed by atoms with Crippen molar-refractivity contribution in [2.24, 2.45) is 0 Å². The number of ether oxygens (including phenoxy) is 3. The summed E-state index contributed by atoms with van der Waals surface area (Å²) in [5.41, 5.74) is 3.27. The van der Waals surface area contributed by atoms with Crippen LogP contribution in [0, 0.1) is 19.7 Å². The number of amides is 1. The van der Waals surface area contributed by atoms with Gasteiger partial charge in [-0.05, 0) is 61.7 Å². The Morgan fingerprint density at radius 2 is 1.77 bits per heavy atom. The number of nitrogens with zero attached hydrogens (tertiary/aromatic N) is 1. The Hall–Kier alpha value is -3.23.